The average Bonchev–Trinajstić information content (AvgIpc) is 3.31. The van der Waals surface area contributed by atoms with Crippen LogP contribution in [0.4, 0.5) is 11.5 Å². The molecule has 3 aromatic rings. The van der Waals surface area contributed by atoms with Crippen LogP contribution in [0.15, 0.2) is 59.2 Å². The molecule has 1 N–H and O–H groups in total. The summed E-state index contributed by atoms with van der Waals surface area (Å²) >= 11 is 0. The highest BCUT2D eigenvalue weighted by Gasteiger charge is 2.26. The number of aromatic nitrogens is 2. The Morgan fingerprint density at radius 3 is 2.55 bits per heavy atom. The molecular formula is C22H24N4O3. The summed E-state index contributed by atoms with van der Waals surface area (Å²) in [6.07, 6.45) is 3.18. The number of anilines is 2. The van der Waals surface area contributed by atoms with Crippen molar-refractivity contribution in [3.05, 3.63) is 54.8 Å². The normalized spacial score (nSPS) is 14.6. The first kappa shape index (κ1) is 19.0. The summed E-state index contributed by atoms with van der Waals surface area (Å²) in [6.45, 7) is 4.12. The third kappa shape index (κ3) is 4.56. The van der Waals surface area contributed by atoms with Crippen molar-refractivity contribution in [2.45, 2.75) is 19.8 Å². The van der Waals surface area contributed by atoms with Gasteiger partial charge in [-0.15, -0.1) is 10.2 Å². The highest BCUT2D eigenvalue weighted by molar-refractivity contribution is 5.92. The Balaban J connectivity index is 1.30. The highest BCUT2D eigenvalue weighted by Crippen LogP contribution is 2.25. The number of hydrogen-bond acceptors (Lipinski definition) is 6. The maximum atomic E-state index is 12.6. The van der Waals surface area contributed by atoms with Crippen LogP contribution in [0.3, 0.4) is 0 Å². The molecule has 3 heterocycles. The fourth-order valence-corrected chi connectivity index (χ4v) is 3.47. The van der Waals surface area contributed by atoms with Gasteiger partial charge in [0.1, 0.15) is 11.4 Å². The van der Waals surface area contributed by atoms with E-state index in [4.69, 9.17) is 9.15 Å². The SMILES string of the molecule is CCOc1ccc(NC(=O)C2CCN(c3ccc(-c4ccco4)nn3)CC2)cc1. The zero-order chi connectivity index (χ0) is 20.1. The number of furan rings is 1. The average molecular weight is 392 g/mol. The van der Waals surface area contributed by atoms with E-state index in [9.17, 15) is 4.79 Å². The lowest BCUT2D eigenvalue weighted by Gasteiger charge is -2.31. The number of nitrogens with one attached hydrogen (secondary N) is 1. The van der Waals surface area contributed by atoms with E-state index >= 15 is 0 Å². The van der Waals surface area contributed by atoms with E-state index < -0.39 is 0 Å². The van der Waals surface area contributed by atoms with E-state index in [1.165, 1.54) is 0 Å². The Morgan fingerprint density at radius 2 is 1.93 bits per heavy atom. The van der Waals surface area contributed by atoms with Gasteiger partial charge in [0.05, 0.1) is 12.9 Å². The van der Waals surface area contributed by atoms with Crippen molar-refractivity contribution in [1.82, 2.24) is 10.2 Å². The summed E-state index contributed by atoms with van der Waals surface area (Å²) in [5.41, 5.74) is 1.50. The Morgan fingerprint density at radius 1 is 1.14 bits per heavy atom. The lowest BCUT2D eigenvalue weighted by atomic mass is 9.96. The molecule has 0 aliphatic carbocycles. The monoisotopic (exact) mass is 392 g/mol. The molecule has 1 fully saturated rings. The molecule has 1 saturated heterocycles. The smallest absolute Gasteiger partial charge is 0.227 e. The Labute approximate surface area is 169 Å². The number of benzene rings is 1. The molecule has 1 aliphatic rings. The number of hydrogen-bond donors (Lipinski definition) is 1. The quantitative estimate of drug-likeness (QED) is 0.683. The van der Waals surface area contributed by atoms with Crippen LogP contribution < -0.4 is 15.0 Å². The van der Waals surface area contributed by atoms with Gasteiger partial charge in [-0.3, -0.25) is 4.79 Å². The van der Waals surface area contributed by atoms with Crippen molar-refractivity contribution in [1.29, 1.82) is 0 Å². The van der Waals surface area contributed by atoms with Crippen molar-refractivity contribution in [3.8, 4) is 17.2 Å². The number of carbonyl (C=O) groups excluding carboxylic acids is 1. The molecule has 0 atom stereocenters. The standard InChI is InChI=1S/C22H24N4O3/c1-2-28-18-7-5-17(6-8-18)23-22(27)16-11-13-26(14-12-16)21-10-9-19(24-25-21)20-4-3-15-29-20/h3-10,15-16H,2,11-14H2,1H3,(H,23,27). The molecule has 4 rings (SSSR count). The maximum Gasteiger partial charge on any atom is 0.227 e. The molecule has 0 unspecified atom stereocenters. The molecule has 150 valence electrons. The van der Waals surface area contributed by atoms with Gasteiger partial charge in [0.15, 0.2) is 11.6 Å². The first-order valence-electron chi connectivity index (χ1n) is 9.89. The van der Waals surface area contributed by atoms with Crippen molar-refractivity contribution < 1.29 is 13.9 Å². The van der Waals surface area contributed by atoms with Crippen LogP contribution in [0.2, 0.25) is 0 Å². The van der Waals surface area contributed by atoms with Crippen LogP contribution in [-0.2, 0) is 4.79 Å². The number of rotatable bonds is 6. The minimum absolute atomic E-state index is 0.00632. The van der Waals surface area contributed by atoms with Crippen molar-refractivity contribution in [2.75, 3.05) is 29.9 Å². The minimum atomic E-state index is -0.00632. The first-order chi connectivity index (χ1) is 14.2. The summed E-state index contributed by atoms with van der Waals surface area (Å²) in [6, 6.07) is 15.0. The van der Waals surface area contributed by atoms with E-state index in [2.05, 4.69) is 20.4 Å². The van der Waals surface area contributed by atoms with E-state index in [-0.39, 0.29) is 11.8 Å². The van der Waals surface area contributed by atoms with Gasteiger partial charge in [-0.2, -0.15) is 0 Å². The van der Waals surface area contributed by atoms with Crippen LogP contribution in [-0.4, -0.2) is 35.8 Å². The summed E-state index contributed by atoms with van der Waals surface area (Å²) in [5.74, 6) is 2.39. The number of ether oxygens (including phenoxy) is 1. The van der Waals surface area contributed by atoms with Crippen LogP contribution in [0.1, 0.15) is 19.8 Å². The molecule has 7 heteroatoms. The Hall–Kier alpha value is -3.35. The van der Waals surface area contributed by atoms with Gasteiger partial charge in [-0.05, 0) is 68.3 Å². The molecule has 0 bridgehead atoms. The van der Waals surface area contributed by atoms with Gasteiger partial charge in [0, 0.05) is 24.7 Å². The summed E-state index contributed by atoms with van der Waals surface area (Å²) in [7, 11) is 0. The maximum absolute atomic E-state index is 12.6. The zero-order valence-corrected chi connectivity index (χ0v) is 16.4. The fourth-order valence-electron chi connectivity index (χ4n) is 3.47. The number of nitrogens with zero attached hydrogens (tertiary/aromatic N) is 3. The third-order valence-corrected chi connectivity index (χ3v) is 5.05. The molecule has 29 heavy (non-hydrogen) atoms. The molecule has 0 radical (unpaired) electrons. The zero-order valence-electron chi connectivity index (χ0n) is 16.4. The highest BCUT2D eigenvalue weighted by atomic mass is 16.5. The largest absolute Gasteiger partial charge is 0.494 e. The van der Waals surface area contributed by atoms with Crippen LogP contribution >= 0.6 is 0 Å². The number of piperidine rings is 1. The second kappa shape index (κ2) is 8.77. The van der Waals surface area contributed by atoms with E-state index in [0.29, 0.717) is 18.1 Å². The first-order valence-corrected chi connectivity index (χ1v) is 9.89. The summed E-state index contributed by atoms with van der Waals surface area (Å²) < 4.78 is 10.8. The van der Waals surface area contributed by atoms with Crippen LogP contribution in [0, 0.1) is 5.92 Å². The molecule has 0 saturated carbocycles. The van der Waals surface area contributed by atoms with E-state index in [1.54, 1.807) is 6.26 Å². The molecule has 2 aromatic heterocycles. The second-order valence-corrected chi connectivity index (χ2v) is 6.96. The lowest BCUT2D eigenvalue weighted by Crippen LogP contribution is -2.38. The van der Waals surface area contributed by atoms with Gasteiger partial charge in [-0.1, -0.05) is 0 Å². The van der Waals surface area contributed by atoms with Crippen LogP contribution in [0.25, 0.3) is 11.5 Å². The Kier molecular flexibility index (Phi) is 5.74. The van der Waals surface area contributed by atoms with Crippen LogP contribution in [0.5, 0.6) is 5.75 Å². The van der Waals surface area contributed by atoms with Crippen molar-refractivity contribution in [2.24, 2.45) is 5.92 Å². The lowest BCUT2D eigenvalue weighted by molar-refractivity contribution is -0.120. The fraction of sp³-hybridized carbons (Fsp3) is 0.318. The summed E-state index contributed by atoms with van der Waals surface area (Å²) in [4.78, 5) is 14.8. The molecular weight excluding hydrogens is 368 g/mol. The minimum Gasteiger partial charge on any atom is -0.494 e. The van der Waals surface area contributed by atoms with Crippen molar-refractivity contribution >= 4 is 17.4 Å². The molecule has 0 spiro atoms. The number of carbonyl (C=O) groups is 1. The molecule has 1 aliphatic heterocycles. The Bertz CT molecular complexity index is 916. The second-order valence-electron chi connectivity index (χ2n) is 6.96. The van der Waals surface area contributed by atoms with E-state index in [1.807, 2.05) is 55.5 Å². The molecule has 1 aromatic carbocycles. The van der Waals surface area contributed by atoms with Gasteiger partial charge < -0.3 is 19.4 Å². The van der Waals surface area contributed by atoms with Gasteiger partial charge in [-0.25, -0.2) is 0 Å². The van der Waals surface area contributed by atoms with Crippen molar-refractivity contribution in [3.63, 3.8) is 0 Å². The number of amides is 1. The van der Waals surface area contributed by atoms with Gasteiger partial charge in [0.25, 0.3) is 0 Å². The van der Waals surface area contributed by atoms with Gasteiger partial charge in [0.2, 0.25) is 5.91 Å². The summed E-state index contributed by atoms with van der Waals surface area (Å²) in [5, 5.41) is 11.6. The third-order valence-electron chi connectivity index (χ3n) is 5.05. The predicted molar refractivity (Wildman–Crippen MR) is 111 cm³/mol. The van der Waals surface area contributed by atoms with E-state index in [0.717, 1.165) is 43.2 Å². The molecule has 1 amide bonds. The van der Waals surface area contributed by atoms with Gasteiger partial charge >= 0.3 is 0 Å². The predicted octanol–water partition coefficient (Wildman–Crippen LogP) is 3.99. The topological polar surface area (TPSA) is 80.5 Å². The molecule has 7 nitrogen and oxygen atoms in total.